The van der Waals surface area contributed by atoms with Crippen LogP contribution in [0.1, 0.15) is 37.9 Å². The van der Waals surface area contributed by atoms with E-state index in [0.29, 0.717) is 11.6 Å². The van der Waals surface area contributed by atoms with Gasteiger partial charge in [0.1, 0.15) is 0 Å². The third-order valence-corrected chi connectivity index (χ3v) is 3.86. The van der Waals surface area contributed by atoms with Crippen molar-refractivity contribution in [2.75, 3.05) is 19.0 Å². The topological polar surface area (TPSA) is 63.2 Å². The van der Waals surface area contributed by atoms with Crippen LogP contribution < -0.4 is 10.6 Å². The largest absolute Gasteiger partial charge is 0.378 e. The smallest absolute Gasteiger partial charge is 0.228 e. The van der Waals surface area contributed by atoms with E-state index < -0.39 is 0 Å². The number of nitrogens with zero attached hydrogens (tertiary/aromatic N) is 1. The van der Waals surface area contributed by atoms with Gasteiger partial charge in [0.05, 0.1) is 18.2 Å². The van der Waals surface area contributed by atoms with Crippen LogP contribution in [0, 0.1) is 0 Å². The molecule has 2 atom stereocenters. The van der Waals surface area contributed by atoms with Crippen molar-refractivity contribution in [1.29, 1.82) is 0 Å². The zero-order valence-electron chi connectivity index (χ0n) is 10.7. The Morgan fingerprint density at radius 2 is 2.56 bits per heavy atom. The number of anilines is 1. The van der Waals surface area contributed by atoms with Gasteiger partial charge in [-0.05, 0) is 26.8 Å². The fourth-order valence-electron chi connectivity index (χ4n) is 1.87. The molecule has 0 aromatic carbocycles. The molecule has 0 radical (unpaired) electrons. The van der Waals surface area contributed by atoms with Crippen molar-refractivity contribution in [3.63, 3.8) is 0 Å². The molecule has 1 aromatic heterocycles. The molecule has 1 aromatic rings. The van der Waals surface area contributed by atoms with Crippen molar-refractivity contribution in [3.8, 4) is 0 Å². The van der Waals surface area contributed by atoms with E-state index in [2.05, 4.69) is 15.6 Å². The summed E-state index contributed by atoms with van der Waals surface area (Å²) >= 11 is 1.46. The summed E-state index contributed by atoms with van der Waals surface area (Å²) in [5.74, 6) is -0.0140. The number of rotatable bonds is 5. The summed E-state index contributed by atoms with van der Waals surface area (Å²) in [6, 6.07) is 0.199. The first kappa shape index (κ1) is 13.5. The van der Waals surface area contributed by atoms with Gasteiger partial charge < -0.3 is 15.4 Å². The van der Waals surface area contributed by atoms with E-state index in [4.69, 9.17) is 4.74 Å². The molecule has 0 saturated carbocycles. The normalized spacial score (nSPS) is 20.9. The monoisotopic (exact) mass is 269 g/mol. The highest BCUT2D eigenvalue weighted by Crippen LogP contribution is 2.21. The Morgan fingerprint density at radius 1 is 1.72 bits per heavy atom. The molecule has 1 aliphatic rings. The van der Waals surface area contributed by atoms with Gasteiger partial charge in [-0.15, -0.1) is 11.3 Å². The van der Waals surface area contributed by atoms with E-state index in [1.165, 1.54) is 11.3 Å². The molecule has 1 amide bonds. The molecule has 0 aliphatic carbocycles. The summed E-state index contributed by atoms with van der Waals surface area (Å²) in [5, 5.41) is 8.57. The minimum absolute atomic E-state index is 0.0140. The molecule has 1 saturated heterocycles. The maximum absolute atomic E-state index is 11.8. The second-order valence-corrected chi connectivity index (χ2v) is 5.33. The second-order valence-electron chi connectivity index (χ2n) is 4.48. The van der Waals surface area contributed by atoms with Gasteiger partial charge in [-0.25, -0.2) is 4.98 Å². The Labute approximate surface area is 111 Å². The van der Waals surface area contributed by atoms with E-state index >= 15 is 0 Å². The average molecular weight is 269 g/mol. The highest BCUT2D eigenvalue weighted by atomic mass is 32.1. The zero-order valence-corrected chi connectivity index (χ0v) is 11.5. The van der Waals surface area contributed by atoms with E-state index in [9.17, 15) is 4.79 Å². The molecule has 18 heavy (non-hydrogen) atoms. The van der Waals surface area contributed by atoms with Crippen molar-refractivity contribution in [2.45, 2.75) is 38.3 Å². The number of carbonyl (C=O) groups is 1. The first-order valence-electron chi connectivity index (χ1n) is 6.23. The summed E-state index contributed by atoms with van der Waals surface area (Å²) in [7, 11) is 1.89. The molecule has 2 rings (SSSR count). The molecule has 6 heteroatoms. The van der Waals surface area contributed by atoms with Crippen LogP contribution in [0.5, 0.6) is 0 Å². The van der Waals surface area contributed by atoms with Crippen LogP contribution in [-0.2, 0) is 9.53 Å². The van der Waals surface area contributed by atoms with E-state index in [-0.39, 0.29) is 18.1 Å². The highest BCUT2D eigenvalue weighted by Gasteiger charge is 2.19. The summed E-state index contributed by atoms with van der Waals surface area (Å²) < 4.78 is 5.43. The number of aromatic nitrogens is 1. The average Bonchev–Trinajstić information content (AvgIpc) is 2.99. The van der Waals surface area contributed by atoms with Crippen LogP contribution >= 0.6 is 11.3 Å². The van der Waals surface area contributed by atoms with Gasteiger partial charge in [0, 0.05) is 18.0 Å². The number of thiazole rings is 1. The molecule has 100 valence electrons. The maximum atomic E-state index is 11.8. The summed E-state index contributed by atoms with van der Waals surface area (Å²) in [5.41, 5.74) is 0.954. The van der Waals surface area contributed by atoms with Crippen LogP contribution in [-0.4, -0.2) is 30.6 Å². The number of hydrogen-bond donors (Lipinski definition) is 2. The van der Waals surface area contributed by atoms with E-state index in [1.807, 2.05) is 19.4 Å². The molecule has 1 aliphatic heterocycles. The minimum Gasteiger partial charge on any atom is -0.378 e. The quantitative estimate of drug-likeness (QED) is 0.857. The lowest BCUT2D eigenvalue weighted by Gasteiger charge is -2.08. The predicted molar refractivity (Wildman–Crippen MR) is 71.8 cm³/mol. The van der Waals surface area contributed by atoms with E-state index in [0.717, 1.165) is 25.1 Å². The van der Waals surface area contributed by atoms with Crippen LogP contribution in [0.25, 0.3) is 0 Å². The van der Waals surface area contributed by atoms with Gasteiger partial charge in [-0.2, -0.15) is 0 Å². The molecule has 2 N–H and O–H groups in total. The lowest BCUT2D eigenvalue weighted by Crippen LogP contribution is -2.19. The SMILES string of the molecule is CNC(C)c1csc(NC(=O)CC2CCCO2)n1. The number of amides is 1. The second kappa shape index (κ2) is 6.26. The van der Waals surface area contributed by atoms with Crippen LogP contribution in [0.4, 0.5) is 5.13 Å². The molecule has 2 heterocycles. The minimum atomic E-state index is -0.0140. The van der Waals surface area contributed by atoms with Crippen LogP contribution in [0.3, 0.4) is 0 Å². The number of carbonyl (C=O) groups excluding carboxylic acids is 1. The molecule has 5 nitrogen and oxygen atoms in total. The predicted octanol–water partition coefficient (Wildman–Crippen LogP) is 1.93. The fraction of sp³-hybridized carbons (Fsp3) is 0.667. The molecular weight excluding hydrogens is 250 g/mol. The number of nitrogens with one attached hydrogen (secondary N) is 2. The van der Waals surface area contributed by atoms with Crippen molar-refractivity contribution < 1.29 is 9.53 Å². The van der Waals surface area contributed by atoms with Crippen molar-refractivity contribution in [3.05, 3.63) is 11.1 Å². The third-order valence-electron chi connectivity index (χ3n) is 3.08. The molecule has 0 spiro atoms. The van der Waals surface area contributed by atoms with E-state index in [1.54, 1.807) is 0 Å². The van der Waals surface area contributed by atoms with Crippen molar-refractivity contribution in [2.24, 2.45) is 0 Å². The Bertz CT molecular complexity index is 402. The van der Waals surface area contributed by atoms with Gasteiger partial charge in [0.2, 0.25) is 5.91 Å². The Kier molecular flexibility index (Phi) is 4.68. The van der Waals surface area contributed by atoms with Crippen molar-refractivity contribution in [1.82, 2.24) is 10.3 Å². The third kappa shape index (κ3) is 3.51. The van der Waals surface area contributed by atoms with Crippen molar-refractivity contribution >= 4 is 22.4 Å². The first-order chi connectivity index (χ1) is 8.69. The maximum Gasteiger partial charge on any atom is 0.228 e. The van der Waals surface area contributed by atoms with Gasteiger partial charge in [-0.1, -0.05) is 0 Å². The molecular formula is C12H19N3O2S. The highest BCUT2D eigenvalue weighted by molar-refractivity contribution is 7.13. The zero-order chi connectivity index (χ0) is 13.0. The lowest BCUT2D eigenvalue weighted by molar-refractivity contribution is -0.118. The summed E-state index contributed by atoms with van der Waals surface area (Å²) in [6.07, 6.45) is 2.55. The van der Waals surface area contributed by atoms with Gasteiger partial charge in [0.25, 0.3) is 0 Å². The number of hydrogen-bond acceptors (Lipinski definition) is 5. The molecule has 2 unspecified atom stereocenters. The standard InChI is InChI=1S/C12H19N3O2S/c1-8(13-2)10-7-18-12(14-10)15-11(16)6-9-4-3-5-17-9/h7-9,13H,3-6H2,1-2H3,(H,14,15,16). The first-order valence-corrected chi connectivity index (χ1v) is 7.11. The van der Waals surface area contributed by atoms with Gasteiger partial charge in [-0.3, -0.25) is 4.79 Å². The van der Waals surface area contributed by atoms with Gasteiger partial charge in [0.15, 0.2) is 5.13 Å². The van der Waals surface area contributed by atoms with Gasteiger partial charge >= 0.3 is 0 Å². The molecule has 1 fully saturated rings. The lowest BCUT2D eigenvalue weighted by atomic mass is 10.2. The van der Waals surface area contributed by atoms with Crippen LogP contribution in [0.15, 0.2) is 5.38 Å². The molecule has 0 bridgehead atoms. The Morgan fingerprint density at radius 3 is 3.22 bits per heavy atom. The van der Waals surface area contributed by atoms with Crippen LogP contribution in [0.2, 0.25) is 0 Å². The summed E-state index contributed by atoms with van der Waals surface area (Å²) in [6.45, 7) is 2.81. The number of ether oxygens (including phenoxy) is 1. The Hall–Kier alpha value is -0.980. The summed E-state index contributed by atoms with van der Waals surface area (Å²) in [4.78, 5) is 16.2. The fourth-order valence-corrected chi connectivity index (χ4v) is 2.69. The Balaban J connectivity index is 1.84.